The van der Waals surface area contributed by atoms with Gasteiger partial charge in [0.2, 0.25) is 0 Å². The van der Waals surface area contributed by atoms with Crippen LogP contribution in [0.3, 0.4) is 0 Å². The number of rotatable bonds is 7. The van der Waals surface area contributed by atoms with Gasteiger partial charge in [-0.3, -0.25) is 24.8 Å². The molecule has 7 nitrogen and oxygen atoms in total. The molecule has 2 aromatic rings. The molecular formula is C20H21N3O4S. The number of hydrogen-bond acceptors (Lipinski definition) is 6. The lowest BCUT2D eigenvalue weighted by atomic mass is 10.2. The molecule has 0 radical (unpaired) electrons. The van der Waals surface area contributed by atoms with Gasteiger partial charge in [0, 0.05) is 24.9 Å². The summed E-state index contributed by atoms with van der Waals surface area (Å²) in [5.41, 5.74) is 1.05. The van der Waals surface area contributed by atoms with Crippen molar-refractivity contribution in [2.45, 2.75) is 12.8 Å². The van der Waals surface area contributed by atoms with Gasteiger partial charge in [-0.2, -0.15) is 0 Å². The Hall–Kier alpha value is -2.87. The second-order valence-electron chi connectivity index (χ2n) is 6.16. The van der Waals surface area contributed by atoms with Crippen molar-refractivity contribution in [1.29, 1.82) is 0 Å². The Labute approximate surface area is 167 Å². The molecule has 146 valence electrons. The first-order chi connectivity index (χ1) is 13.6. The average molecular weight is 399 g/mol. The van der Waals surface area contributed by atoms with E-state index >= 15 is 0 Å². The van der Waals surface area contributed by atoms with Gasteiger partial charge in [0.1, 0.15) is 0 Å². The Morgan fingerprint density at radius 3 is 2.71 bits per heavy atom. The fraction of sp³-hybridized carbons (Fsp3) is 0.300. The number of para-hydroxylation sites is 2. The third-order valence-electron chi connectivity index (χ3n) is 4.19. The molecule has 3 rings (SSSR count). The van der Waals surface area contributed by atoms with Gasteiger partial charge in [-0.25, -0.2) is 0 Å². The molecule has 0 bridgehead atoms. The fourth-order valence-corrected chi connectivity index (χ4v) is 3.78. The summed E-state index contributed by atoms with van der Waals surface area (Å²) in [5, 5.41) is 11.8. The number of benzene rings is 2. The van der Waals surface area contributed by atoms with Gasteiger partial charge in [-0.05, 0) is 24.5 Å². The van der Waals surface area contributed by atoms with E-state index in [1.807, 2.05) is 18.2 Å². The molecule has 1 fully saturated rings. The van der Waals surface area contributed by atoms with Crippen LogP contribution < -0.4 is 4.74 Å². The first-order valence-electron chi connectivity index (χ1n) is 9.03. The van der Waals surface area contributed by atoms with Crippen LogP contribution >= 0.6 is 11.8 Å². The maximum atomic E-state index is 12.6. The molecule has 0 spiro atoms. The summed E-state index contributed by atoms with van der Waals surface area (Å²) in [6.45, 7) is 0.917. The number of carbonyl (C=O) groups excluding carboxylic acids is 1. The van der Waals surface area contributed by atoms with E-state index in [1.165, 1.54) is 17.7 Å². The lowest BCUT2D eigenvalue weighted by molar-refractivity contribution is -0.385. The SMILES string of the molecule is O=C(COc1ccccc1[N+](=O)[O-])N1CCCSC1=NCCc1ccccc1. The van der Waals surface area contributed by atoms with Gasteiger partial charge >= 0.3 is 5.69 Å². The minimum atomic E-state index is -0.521. The fourth-order valence-electron chi connectivity index (χ4n) is 2.79. The molecule has 1 heterocycles. The smallest absolute Gasteiger partial charge is 0.310 e. The van der Waals surface area contributed by atoms with Gasteiger partial charge in [0.05, 0.1) is 4.92 Å². The van der Waals surface area contributed by atoms with E-state index in [2.05, 4.69) is 17.1 Å². The molecule has 1 amide bonds. The molecule has 0 unspecified atom stereocenters. The molecule has 1 aliphatic heterocycles. The van der Waals surface area contributed by atoms with E-state index in [9.17, 15) is 14.9 Å². The Balaban J connectivity index is 1.61. The van der Waals surface area contributed by atoms with Gasteiger partial charge in [0.25, 0.3) is 5.91 Å². The van der Waals surface area contributed by atoms with Crippen LogP contribution in [0.4, 0.5) is 5.69 Å². The third kappa shape index (κ3) is 5.32. The Morgan fingerprint density at radius 1 is 1.18 bits per heavy atom. The number of nitrogens with zero attached hydrogens (tertiary/aromatic N) is 3. The van der Waals surface area contributed by atoms with Crippen LogP contribution in [0.5, 0.6) is 5.75 Å². The zero-order chi connectivity index (χ0) is 19.8. The number of hydrogen-bond donors (Lipinski definition) is 0. The van der Waals surface area contributed by atoms with E-state index in [1.54, 1.807) is 28.8 Å². The highest BCUT2D eigenvalue weighted by atomic mass is 32.2. The molecule has 1 saturated heterocycles. The number of amidine groups is 1. The zero-order valence-electron chi connectivity index (χ0n) is 15.3. The van der Waals surface area contributed by atoms with Crippen molar-refractivity contribution in [3.05, 3.63) is 70.3 Å². The molecule has 0 N–H and O–H groups in total. The number of aliphatic imine (C=N–C) groups is 1. The highest BCUT2D eigenvalue weighted by Crippen LogP contribution is 2.26. The van der Waals surface area contributed by atoms with Crippen LogP contribution in [-0.4, -0.2) is 46.3 Å². The van der Waals surface area contributed by atoms with E-state index in [0.29, 0.717) is 18.3 Å². The lowest BCUT2D eigenvalue weighted by Gasteiger charge is -2.27. The Bertz CT molecular complexity index is 858. The minimum Gasteiger partial charge on any atom is -0.477 e. The summed E-state index contributed by atoms with van der Waals surface area (Å²) < 4.78 is 5.44. The minimum absolute atomic E-state index is 0.0908. The van der Waals surface area contributed by atoms with Crippen molar-refractivity contribution in [3.8, 4) is 5.75 Å². The zero-order valence-corrected chi connectivity index (χ0v) is 16.1. The molecule has 0 atom stereocenters. The number of nitro groups is 1. The third-order valence-corrected chi connectivity index (χ3v) is 5.29. The molecular weight excluding hydrogens is 378 g/mol. The monoisotopic (exact) mass is 399 g/mol. The van der Waals surface area contributed by atoms with Gasteiger partial charge in [-0.15, -0.1) is 0 Å². The van der Waals surface area contributed by atoms with Gasteiger partial charge in [0.15, 0.2) is 17.5 Å². The van der Waals surface area contributed by atoms with Gasteiger partial charge < -0.3 is 4.74 Å². The van der Waals surface area contributed by atoms with E-state index < -0.39 is 4.92 Å². The highest BCUT2D eigenvalue weighted by Gasteiger charge is 2.24. The number of nitro benzene ring substituents is 1. The summed E-state index contributed by atoms with van der Waals surface area (Å²) in [6, 6.07) is 16.1. The predicted molar refractivity (Wildman–Crippen MR) is 110 cm³/mol. The van der Waals surface area contributed by atoms with E-state index in [0.717, 1.165) is 18.6 Å². The second kappa shape index (κ2) is 9.89. The second-order valence-corrected chi connectivity index (χ2v) is 7.22. The maximum absolute atomic E-state index is 12.6. The van der Waals surface area contributed by atoms with Crippen molar-refractivity contribution in [1.82, 2.24) is 4.90 Å². The van der Waals surface area contributed by atoms with E-state index in [-0.39, 0.29) is 24.0 Å². The van der Waals surface area contributed by atoms with Crippen LogP contribution in [0.15, 0.2) is 59.6 Å². The molecule has 0 saturated carbocycles. The highest BCUT2D eigenvalue weighted by molar-refractivity contribution is 8.13. The number of carbonyl (C=O) groups is 1. The molecule has 1 aliphatic rings. The largest absolute Gasteiger partial charge is 0.477 e. The van der Waals surface area contributed by atoms with Crippen molar-refractivity contribution in [2.24, 2.45) is 4.99 Å². The molecule has 8 heteroatoms. The number of ether oxygens (including phenoxy) is 1. The maximum Gasteiger partial charge on any atom is 0.310 e. The molecule has 0 aliphatic carbocycles. The first-order valence-corrected chi connectivity index (χ1v) is 10.0. The van der Waals surface area contributed by atoms with Crippen LogP contribution in [0.2, 0.25) is 0 Å². The van der Waals surface area contributed by atoms with Crippen molar-refractivity contribution in [2.75, 3.05) is 25.4 Å². The quantitative estimate of drug-likeness (QED) is 0.525. The topological polar surface area (TPSA) is 85.0 Å². The van der Waals surface area contributed by atoms with Gasteiger partial charge in [-0.1, -0.05) is 54.2 Å². The van der Waals surface area contributed by atoms with Crippen LogP contribution in [0.25, 0.3) is 0 Å². The molecule has 28 heavy (non-hydrogen) atoms. The summed E-state index contributed by atoms with van der Waals surface area (Å²) in [7, 11) is 0. The average Bonchev–Trinajstić information content (AvgIpc) is 2.73. The van der Waals surface area contributed by atoms with Crippen molar-refractivity contribution < 1.29 is 14.5 Å². The number of amides is 1. The lowest BCUT2D eigenvalue weighted by Crippen LogP contribution is -2.42. The van der Waals surface area contributed by atoms with Crippen LogP contribution in [0.1, 0.15) is 12.0 Å². The summed E-state index contributed by atoms with van der Waals surface area (Å²) in [4.78, 5) is 29.4. The Kier molecular flexibility index (Phi) is 7.02. The standard InChI is InChI=1S/C20H21N3O4S/c24-19(15-27-18-10-5-4-9-17(18)23(25)26)22-13-6-14-28-20(22)21-12-11-16-7-2-1-3-8-16/h1-5,7-10H,6,11-15H2. The Morgan fingerprint density at radius 2 is 1.93 bits per heavy atom. The van der Waals surface area contributed by atoms with Crippen LogP contribution in [0, 0.1) is 10.1 Å². The summed E-state index contributed by atoms with van der Waals surface area (Å²) in [6.07, 6.45) is 1.68. The summed E-state index contributed by atoms with van der Waals surface area (Å²) in [5.74, 6) is 0.760. The molecule has 0 aromatic heterocycles. The van der Waals surface area contributed by atoms with Crippen molar-refractivity contribution in [3.63, 3.8) is 0 Å². The van der Waals surface area contributed by atoms with Crippen LogP contribution in [-0.2, 0) is 11.2 Å². The summed E-state index contributed by atoms with van der Waals surface area (Å²) >= 11 is 1.56. The number of thioether (sulfide) groups is 1. The first kappa shape index (κ1) is 19.9. The predicted octanol–water partition coefficient (Wildman–Crippen LogP) is 3.54. The van der Waals surface area contributed by atoms with Crippen molar-refractivity contribution >= 4 is 28.5 Å². The van der Waals surface area contributed by atoms with E-state index in [4.69, 9.17) is 4.74 Å². The normalized spacial score (nSPS) is 15.4. The molecule has 2 aromatic carbocycles.